The van der Waals surface area contributed by atoms with Crippen molar-refractivity contribution in [1.82, 2.24) is 5.32 Å². The third-order valence-electron chi connectivity index (χ3n) is 5.10. The minimum Gasteiger partial charge on any atom is -0.457 e. The molecule has 2 nitrogen and oxygen atoms in total. The van der Waals surface area contributed by atoms with Gasteiger partial charge in [0.25, 0.3) is 0 Å². The molecule has 1 N–H and O–H groups in total. The standard InChI is InChI=1S/C23H23NO/c1-24-23-16-15-20(21-9-5-6-10-22(21)23)17-11-13-19(14-12-17)25-18-7-3-2-4-8-18/h2-14,20,23-24H,15-16H2,1H3/t20-,23-/m0/s1. The summed E-state index contributed by atoms with van der Waals surface area (Å²) < 4.78 is 5.91. The predicted molar refractivity (Wildman–Crippen MR) is 102 cm³/mol. The summed E-state index contributed by atoms with van der Waals surface area (Å²) in [6.07, 6.45) is 2.34. The second-order valence-corrected chi connectivity index (χ2v) is 6.58. The van der Waals surface area contributed by atoms with Crippen molar-refractivity contribution in [3.63, 3.8) is 0 Å². The molecule has 0 amide bonds. The fourth-order valence-corrected chi connectivity index (χ4v) is 3.83. The number of ether oxygens (including phenoxy) is 1. The van der Waals surface area contributed by atoms with E-state index in [4.69, 9.17) is 4.74 Å². The summed E-state index contributed by atoms with van der Waals surface area (Å²) in [7, 11) is 2.05. The maximum Gasteiger partial charge on any atom is 0.127 e. The van der Waals surface area contributed by atoms with Gasteiger partial charge in [-0.3, -0.25) is 0 Å². The smallest absolute Gasteiger partial charge is 0.127 e. The number of nitrogens with one attached hydrogen (secondary N) is 1. The van der Waals surface area contributed by atoms with E-state index in [-0.39, 0.29) is 0 Å². The summed E-state index contributed by atoms with van der Waals surface area (Å²) in [6.45, 7) is 0. The van der Waals surface area contributed by atoms with E-state index in [1.165, 1.54) is 29.5 Å². The Labute approximate surface area is 149 Å². The molecule has 1 aliphatic carbocycles. The number of hydrogen-bond donors (Lipinski definition) is 1. The molecule has 2 atom stereocenters. The lowest BCUT2D eigenvalue weighted by Gasteiger charge is -2.31. The van der Waals surface area contributed by atoms with Crippen molar-refractivity contribution in [2.75, 3.05) is 7.05 Å². The maximum absolute atomic E-state index is 5.91. The molecule has 0 aliphatic heterocycles. The van der Waals surface area contributed by atoms with Gasteiger partial charge in [0.05, 0.1) is 0 Å². The van der Waals surface area contributed by atoms with Gasteiger partial charge < -0.3 is 10.1 Å². The average molecular weight is 329 g/mol. The highest BCUT2D eigenvalue weighted by molar-refractivity contribution is 5.43. The molecule has 0 saturated heterocycles. The SMILES string of the molecule is CN[C@H]1CC[C@@H](c2ccc(Oc3ccccc3)cc2)c2ccccc21. The van der Waals surface area contributed by atoms with E-state index in [2.05, 4.69) is 60.9 Å². The van der Waals surface area contributed by atoms with Crippen LogP contribution in [-0.4, -0.2) is 7.05 Å². The van der Waals surface area contributed by atoms with Crippen LogP contribution in [0, 0.1) is 0 Å². The highest BCUT2D eigenvalue weighted by atomic mass is 16.5. The minimum atomic E-state index is 0.464. The van der Waals surface area contributed by atoms with Gasteiger partial charge in [-0.15, -0.1) is 0 Å². The molecule has 0 unspecified atom stereocenters. The normalized spacial score (nSPS) is 19.2. The monoisotopic (exact) mass is 329 g/mol. The minimum absolute atomic E-state index is 0.464. The highest BCUT2D eigenvalue weighted by Gasteiger charge is 2.26. The van der Waals surface area contributed by atoms with Crippen LogP contribution < -0.4 is 10.1 Å². The van der Waals surface area contributed by atoms with Gasteiger partial charge in [-0.2, -0.15) is 0 Å². The van der Waals surface area contributed by atoms with E-state index in [1.54, 1.807) is 0 Å². The third-order valence-corrected chi connectivity index (χ3v) is 5.10. The Morgan fingerprint density at radius 1 is 0.720 bits per heavy atom. The van der Waals surface area contributed by atoms with Crippen molar-refractivity contribution < 1.29 is 4.74 Å². The van der Waals surface area contributed by atoms with Gasteiger partial charge in [-0.25, -0.2) is 0 Å². The molecule has 126 valence electrons. The van der Waals surface area contributed by atoms with Gasteiger partial charge in [-0.1, -0.05) is 54.6 Å². The van der Waals surface area contributed by atoms with E-state index in [1.807, 2.05) is 30.3 Å². The van der Waals surface area contributed by atoms with Gasteiger partial charge in [0.1, 0.15) is 11.5 Å². The Hall–Kier alpha value is -2.58. The fraction of sp³-hybridized carbons (Fsp3) is 0.217. The maximum atomic E-state index is 5.91. The molecule has 0 bridgehead atoms. The number of hydrogen-bond acceptors (Lipinski definition) is 2. The van der Waals surface area contributed by atoms with Crippen molar-refractivity contribution in [2.45, 2.75) is 24.8 Å². The molecule has 3 aromatic rings. The van der Waals surface area contributed by atoms with Gasteiger partial charge in [0.2, 0.25) is 0 Å². The van der Waals surface area contributed by atoms with Crippen molar-refractivity contribution >= 4 is 0 Å². The Bertz CT molecular complexity index is 826. The molecule has 0 radical (unpaired) electrons. The first-order valence-corrected chi connectivity index (χ1v) is 8.94. The van der Waals surface area contributed by atoms with Gasteiger partial charge in [0.15, 0.2) is 0 Å². The summed E-state index contributed by atoms with van der Waals surface area (Å²) in [4.78, 5) is 0. The zero-order chi connectivity index (χ0) is 17.1. The summed E-state index contributed by atoms with van der Waals surface area (Å²) in [6, 6.07) is 27.8. The molecular formula is C23H23NO. The molecule has 25 heavy (non-hydrogen) atoms. The van der Waals surface area contributed by atoms with Gasteiger partial charge >= 0.3 is 0 Å². The van der Waals surface area contributed by atoms with Crippen LogP contribution in [0.25, 0.3) is 0 Å². The number of rotatable bonds is 4. The Kier molecular flexibility index (Phi) is 4.53. The van der Waals surface area contributed by atoms with Crippen LogP contribution in [0.5, 0.6) is 11.5 Å². The molecule has 0 spiro atoms. The Morgan fingerprint density at radius 3 is 2.08 bits per heavy atom. The van der Waals surface area contributed by atoms with Crippen LogP contribution in [0.15, 0.2) is 78.9 Å². The first-order valence-electron chi connectivity index (χ1n) is 8.94. The van der Waals surface area contributed by atoms with E-state index >= 15 is 0 Å². The first kappa shape index (κ1) is 15.9. The quantitative estimate of drug-likeness (QED) is 0.666. The topological polar surface area (TPSA) is 21.3 Å². The molecule has 4 rings (SSSR count). The van der Waals surface area contributed by atoms with Crippen LogP contribution >= 0.6 is 0 Å². The van der Waals surface area contributed by atoms with Crippen molar-refractivity contribution in [3.05, 3.63) is 95.6 Å². The van der Waals surface area contributed by atoms with Crippen LogP contribution in [0.4, 0.5) is 0 Å². The van der Waals surface area contributed by atoms with E-state index in [0.717, 1.165) is 11.5 Å². The van der Waals surface area contributed by atoms with Crippen molar-refractivity contribution in [1.29, 1.82) is 0 Å². The van der Waals surface area contributed by atoms with Crippen LogP contribution in [0.3, 0.4) is 0 Å². The summed E-state index contributed by atoms with van der Waals surface area (Å²) in [5.41, 5.74) is 4.25. The Morgan fingerprint density at radius 2 is 1.36 bits per heavy atom. The molecule has 0 fully saturated rings. The fourth-order valence-electron chi connectivity index (χ4n) is 3.83. The van der Waals surface area contributed by atoms with E-state index in [0.29, 0.717) is 12.0 Å². The second kappa shape index (κ2) is 7.12. The Balaban J connectivity index is 1.58. The van der Waals surface area contributed by atoms with Gasteiger partial charge in [0, 0.05) is 12.0 Å². The van der Waals surface area contributed by atoms with Crippen LogP contribution in [-0.2, 0) is 0 Å². The average Bonchev–Trinajstić information content (AvgIpc) is 2.69. The lowest BCUT2D eigenvalue weighted by atomic mass is 9.77. The largest absolute Gasteiger partial charge is 0.457 e. The predicted octanol–water partition coefficient (Wildman–Crippen LogP) is 5.67. The molecule has 0 heterocycles. The number of benzene rings is 3. The summed E-state index contributed by atoms with van der Waals surface area (Å²) in [5.74, 6) is 2.22. The molecular weight excluding hydrogens is 306 g/mol. The summed E-state index contributed by atoms with van der Waals surface area (Å²) in [5, 5.41) is 3.45. The second-order valence-electron chi connectivity index (χ2n) is 6.58. The summed E-state index contributed by atoms with van der Waals surface area (Å²) >= 11 is 0. The first-order chi connectivity index (χ1) is 12.3. The van der Waals surface area contributed by atoms with Crippen molar-refractivity contribution in [2.24, 2.45) is 0 Å². The molecule has 0 saturated carbocycles. The number of fused-ring (bicyclic) bond motifs is 1. The molecule has 2 heteroatoms. The molecule has 3 aromatic carbocycles. The molecule has 0 aromatic heterocycles. The van der Waals surface area contributed by atoms with Crippen LogP contribution in [0.1, 0.15) is 41.5 Å². The highest BCUT2D eigenvalue weighted by Crippen LogP contribution is 2.41. The lowest BCUT2D eigenvalue weighted by Crippen LogP contribution is -2.24. The van der Waals surface area contributed by atoms with Crippen molar-refractivity contribution in [3.8, 4) is 11.5 Å². The van der Waals surface area contributed by atoms with Crippen LogP contribution in [0.2, 0.25) is 0 Å². The molecule has 1 aliphatic rings. The number of para-hydroxylation sites is 1. The van der Waals surface area contributed by atoms with E-state index in [9.17, 15) is 0 Å². The lowest BCUT2D eigenvalue weighted by molar-refractivity contribution is 0.468. The van der Waals surface area contributed by atoms with E-state index < -0.39 is 0 Å². The zero-order valence-corrected chi connectivity index (χ0v) is 14.5. The third kappa shape index (κ3) is 3.31. The zero-order valence-electron chi connectivity index (χ0n) is 14.5. The van der Waals surface area contributed by atoms with Gasteiger partial charge in [-0.05, 0) is 60.8 Å².